The minimum atomic E-state index is 0.242. The van der Waals surface area contributed by atoms with E-state index >= 15 is 0 Å². The third-order valence-electron chi connectivity index (χ3n) is 2.87. The number of para-hydroxylation sites is 2. The van der Waals surface area contributed by atoms with Gasteiger partial charge in [-0.15, -0.1) is 0 Å². The van der Waals surface area contributed by atoms with Gasteiger partial charge in [-0.2, -0.15) is 0 Å². The normalized spacial score (nSPS) is 10.4. The van der Waals surface area contributed by atoms with Crippen molar-refractivity contribution < 1.29 is 0 Å². The van der Waals surface area contributed by atoms with E-state index in [-0.39, 0.29) is 5.11 Å². The molecule has 98 valence electrons. The molecule has 3 N–H and O–H groups in total. The Bertz CT molecular complexity index is 785. The molecule has 3 rings (SSSR count). The van der Waals surface area contributed by atoms with Crippen molar-refractivity contribution in [2.45, 2.75) is 0 Å². The highest BCUT2D eigenvalue weighted by Gasteiger charge is 2.03. The Morgan fingerprint density at radius 2 is 1.85 bits per heavy atom. The van der Waals surface area contributed by atoms with Crippen molar-refractivity contribution in [3.8, 4) is 11.3 Å². The van der Waals surface area contributed by atoms with Gasteiger partial charge in [0, 0.05) is 11.3 Å². The number of nitrogens with zero attached hydrogens (tertiary/aromatic N) is 2. The molecule has 0 fully saturated rings. The third-order valence-corrected chi connectivity index (χ3v) is 2.98. The van der Waals surface area contributed by atoms with E-state index in [1.165, 1.54) is 0 Å². The van der Waals surface area contributed by atoms with Crippen molar-refractivity contribution >= 4 is 34.1 Å². The Hall–Kier alpha value is -2.53. The van der Waals surface area contributed by atoms with Crippen LogP contribution in [0.5, 0.6) is 0 Å². The fourth-order valence-electron chi connectivity index (χ4n) is 1.99. The van der Waals surface area contributed by atoms with Crippen molar-refractivity contribution in [2.75, 3.05) is 5.32 Å². The van der Waals surface area contributed by atoms with Crippen LogP contribution < -0.4 is 11.1 Å². The predicted octanol–water partition coefficient (Wildman–Crippen LogP) is 2.95. The summed E-state index contributed by atoms with van der Waals surface area (Å²) in [5, 5.41) is 3.16. The van der Waals surface area contributed by atoms with E-state index in [0.29, 0.717) is 0 Å². The van der Waals surface area contributed by atoms with Crippen molar-refractivity contribution in [3.05, 3.63) is 54.7 Å². The second-order valence-corrected chi connectivity index (χ2v) is 4.75. The Labute approximate surface area is 121 Å². The number of thiocarbonyl (C=S) groups is 1. The summed E-state index contributed by atoms with van der Waals surface area (Å²) in [6.45, 7) is 0. The maximum absolute atomic E-state index is 5.48. The molecule has 20 heavy (non-hydrogen) atoms. The first kappa shape index (κ1) is 12.5. The molecule has 4 nitrogen and oxygen atoms in total. The van der Waals surface area contributed by atoms with Crippen LogP contribution in [0, 0.1) is 0 Å². The maximum Gasteiger partial charge on any atom is 0.168 e. The van der Waals surface area contributed by atoms with E-state index in [1.54, 1.807) is 6.20 Å². The second kappa shape index (κ2) is 5.22. The smallest absolute Gasteiger partial charge is 0.168 e. The second-order valence-electron chi connectivity index (χ2n) is 4.31. The molecule has 3 aromatic rings. The minimum absolute atomic E-state index is 0.242. The molecular formula is C15H12N4S. The lowest BCUT2D eigenvalue weighted by Gasteiger charge is -2.07. The molecule has 1 aromatic heterocycles. The van der Waals surface area contributed by atoms with Gasteiger partial charge in [0.1, 0.15) is 0 Å². The fraction of sp³-hybridized carbons (Fsp3) is 0. The number of benzene rings is 2. The fourth-order valence-corrected chi connectivity index (χ4v) is 2.11. The molecule has 0 radical (unpaired) electrons. The molecule has 0 bridgehead atoms. The van der Waals surface area contributed by atoms with E-state index in [4.69, 9.17) is 18.0 Å². The number of nitrogens with one attached hydrogen (secondary N) is 1. The van der Waals surface area contributed by atoms with Crippen molar-refractivity contribution in [1.82, 2.24) is 9.97 Å². The zero-order chi connectivity index (χ0) is 13.9. The monoisotopic (exact) mass is 280 g/mol. The van der Waals surface area contributed by atoms with Crippen LogP contribution >= 0.6 is 12.2 Å². The number of nitrogens with two attached hydrogens (primary N) is 1. The quantitative estimate of drug-likeness (QED) is 0.707. The highest BCUT2D eigenvalue weighted by molar-refractivity contribution is 7.80. The summed E-state index contributed by atoms with van der Waals surface area (Å²) in [5.74, 6) is 0. The van der Waals surface area contributed by atoms with Crippen LogP contribution in [0.1, 0.15) is 0 Å². The van der Waals surface area contributed by atoms with Crippen LogP contribution in [-0.2, 0) is 0 Å². The Balaban J connectivity index is 2.03. The molecular weight excluding hydrogens is 268 g/mol. The lowest BCUT2D eigenvalue weighted by Crippen LogP contribution is -2.18. The maximum atomic E-state index is 5.48. The van der Waals surface area contributed by atoms with Crippen LogP contribution in [0.4, 0.5) is 5.69 Å². The number of rotatable bonds is 2. The molecule has 0 aliphatic heterocycles. The molecule has 0 atom stereocenters. The van der Waals surface area contributed by atoms with E-state index in [2.05, 4.69) is 15.3 Å². The molecule has 0 amide bonds. The van der Waals surface area contributed by atoms with Gasteiger partial charge < -0.3 is 11.1 Å². The molecule has 0 spiro atoms. The lowest BCUT2D eigenvalue weighted by atomic mass is 10.1. The largest absolute Gasteiger partial charge is 0.376 e. The number of hydrogen-bond donors (Lipinski definition) is 2. The Kier molecular flexibility index (Phi) is 3.26. The standard InChI is InChI=1S/C15H12N4S/c16-15(20)18-11-5-3-4-10(8-11)14-9-17-12-6-1-2-7-13(12)19-14/h1-9H,(H3,16,18,20). The van der Waals surface area contributed by atoms with Gasteiger partial charge in [0.25, 0.3) is 0 Å². The molecule has 0 unspecified atom stereocenters. The van der Waals surface area contributed by atoms with Gasteiger partial charge in [0.15, 0.2) is 5.11 Å². The van der Waals surface area contributed by atoms with Crippen molar-refractivity contribution in [2.24, 2.45) is 5.73 Å². The van der Waals surface area contributed by atoms with Crippen LogP contribution in [0.25, 0.3) is 22.3 Å². The number of hydrogen-bond acceptors (Lipinski definition) is 3. The summed E-state index contributed by atoms with van der Waals surface area (Å²) >= 11 is 4.84. The van der Waals surface area contributed by atoms with Crippen molar-refractivity contribution in [3.63, 3.8) is 0 Å². The van der Waals surface area contributed by atoms with Gasteiger partial charge in [0.2, 0.25) is 0 Å². The first-order valence-corrected chi connectivity index (χ1v) is 6.52. The topological polar surface area (TPSA) is 63.8 Å². The first-order chi connectivity index (χ1) is 9.72. The lowest BCUT2D eigenvalue weighted by molar-refractivity contribution is 1.29. The average molecular weight is 280 g/mol. The molecule has 5 heteroatoms. The van der Waals surface area contributed by atoms with E-state index in [9.17, 15) is 0 Å². The molecule has 1 heterocycles. The van der Waals surface area contributed by atoms with Gasteiger partial charge in [-0.25, -0.2) is 4.98 Å². The van der Waals surface area contributed by atoms with Crippen LogP contribution in [-0.4, -0.2) is 15.1 Å². The summed E-state index contributed by atoms with van der Waals surface area (Å²) in [6, 6.07) is 15.5. The summed E-state index contributed by atoms with van der Waals surface area (Å²) in [4.78, 5) is 9.03. The molecule has 0 aliphatic rings. The number of aromatic nitrogens is 2. The highest BCUT2D eigenvalue weighted by atomic mass is 32.1. The molecule has 0 saturated heterocycles. The van der Waals surface area contributed by atoms with Crippen molar-refractivity contribution in [1.29, 1.82) is 0 Å². The number of fused-ring (bicyclic) bond motifs is 1. The molecule has 0 aliphatic carbocycles. The van der Waals surface area contributed by atoms with Gasteiger partial charge in [-0.1, -0.05) is 24.3 Å². The van der Waals surface area contributed by atoms with Crippen LogP contribution in [0.3, 0.4) is 0 Å². The number of anilines is 1. The zero-order valence-electron chi connectivity index (χ0n) is 10.6. The summed E-state index contributed by atoms with van der Waals surface area (Å²) < 4.78 is 0. The zero-order valence-corrected chi connectivity index (χ0v) is 11.4. The van der Waals surface area contributed by atoms with Gasteiger partial charge >= 0.3 is 0 Å². The van der Waals surface area contributed by atoms with E-state index in [0.717, 1.165) is 28.0 Å². The summed E-state index contributed by atoms with van der Waals surface area (Å²) in [6.07, 6.45) is 1.77. The SMILES string of the molecule is NC(=S)Nc1cccc(-c2cnc3ccccc3n2)c1. The van der Waals surface area contributed by atoms with Crippen LogP contribution in [0.2, 0.25) is 0 Å². The summed E-state index contributed by atoms with van der Waals surface area (Å²) in [5.41, 5.74) is 9.85. The first-order valence-electron chi connectivity index (χ1n) is 6.11. The average Bonchev–Trinajstić information content (AvgIpc) is 2.46. The van der Waals surface area contributed by atoms with Crippen LogP contribution in [0.15, 0.2) is 54.7 Å². The Morgan fingerprint density at radius 3 is 2.65 bits per heavy atom. The van der Waals surface area contributed by atoms with Gasteiger partial charge in [0.05, 0.1) is 22.9 Å². The highest BCUT2D eigenvalue weighted by Crippen LogP contribution is 2.22. The summed E-state index contributed by atoms with van der Waals surface area (Å²) in [7, 11) is 0. The van der Waals surface area contributed by atoms with Gasteiger partial charge in [-0.05, 0) is 36.5 Å². The third kappa shape index (κ3) is 2.57. The van der Waals surface area contributed by atoms with E-state index < -0.39 is 0 Å². The molecule has 2 aromatic carbocycles. The minimum Gasteiger partial charge on any atom is -0.376 e. The van der Waals surface area contributed by atoms with Gasteiger partial charge in [-0.3, -0.25) is 4.98 Å². The Morgan fingerprint density at radius 1 is 1.05 bits per heavy atom. The molecule has 0 saturated carbocycles. The predicted molar refractivity (Wildman–Crippen MR) is 85.4 cm³/mol. The van der Waals surface area contributed by atoms with E-state index in [1.807, 2.05) is 48.5 Å².